The van der Waals surface area contributed by atoms with E-state index in [2.05, 4.69) is 19.2 Å². The van der Waals surface area contributed by atoms with Gasteiger partial charge in [0, 0.05) is 0 Å². The smallest absolute Gasteiger partial charge is 0.203 e. The molecule has 1 N–H and O–H groups in total. The van der Waals surface area contributed by atoms with Crippen molar-refractivity contribution in [1.29, 1.82) is 5.26 Å². The molecule has 1 saturated carbocycles. The van der Waals surface area contributed by atoms with Crippen molar-refractivity contribution < 1.29 is 4.42 Å². The van der Waals surface area contributed by atoms with Gasteiger partial charge in [-0.3, -0.25) is 0 Å². The van der Waals surface area contributed by atoms with E-state index in [-0.39, 0.29) is 0 Å². The molecule has 1 aromatic heterocycles. The van der Waals surface area contributed by atoms with Crippen LogP contribution in [0.2, 0.25) is 0 Å². The van der Waals surface area contributed by atoms with Gasteiger partial charge in [0.25, 0.3) is 0 Å². The van der Waals surface area contributed by atoms with E-state index in [1.54, 1.807) is 6.07 Å². The number of nitriles is 1. The van der Waals surface area contributed by atoms with E-state index in [1.807, 2.05) is 12.1 Å². The maximum Gasteiger partial charge on any atom is 0.203 e. The summed E-state index contributed by atoms with van der Waals surface area (Å²) < 4.78 is 5.26. The van der Waals surface area contributed by atoms with E-state index < -0.39 is 0 Å². The maximum atomic E-state index is 8.58. The summed E-state index contributed by atoms with van der Waals surface area (Å²) in [6, 6.07) is 5.53. The Morgan fingerprint density at radius 3 is 2.87 bits per heavy atom. The lowest BCUT2D eigenvalue weighted by atomic mass is 10.1. The number of hydrogen-bond acceptors (Lipinski definition) is 3. The summed E-state index contributed by atoms with van der Waals surface area (Å²) in [7, 11) is 0. The van der Waals surface area contributed by atoms with Gasteiger partial charge >= 0.3 is 0 Å². The SMILES string of the molecule is CC1(C)CC1CNCc1ccc(C#N)o1. The van der Waals surface area contributed by atoms with Gasteiger partial charge in [-0.2, -0.15) is 5.26 Å². The second kappa shape index (κ2) is 3.71. The Hall–Kier alpha value is -1.27. The summed E-state index contributed by atoms with van der Waals surface area (Å²) in [5, 5.41) is 11.9. The number of hydrogen-bond donors (Lipinski definition) is 1. The van der Waals surface area contributed by atoms with Crippen molar-refractivity contribution in [1.82, 2.24) is 5.32 Å². The van der Waals surface area contributed by atoms with Crippen LogP contribution in [0.3, 0.4) is 0 Å². The van der Waals surface area contributed by atoms with Gasteiger partial charge in [0.1, 0.15) is 11.8 Å². The van der Waals surface area contributed by atoms with Crippen LogP contribution in [0.1, 0.15) is 31.8 Å². The number of rotatable bonds is 4. The minimum atomic E-state index is 0.388. The second-order valence-electron chi connectivity index (χ2n) is 4.90. The first-order valence-corrected chi connectivity index (χ1v) is 5.31. The topological polar surface area (TPSA) is 49.0 Å². The molecule has 15 heavy (non-hydrogen) atoms. The zero-order valence-electron chi connectivity index (χ0n) is 9.21. The quantitative estimate of drug-likeness (QED) is 0.818. The molecular weight excluding hydrogens is 188 g/mol. The van der Waals surface area contributed by atoms with Crippen LogP contribution in [0, 0.1) is 22.7 Å². The van der Waals surface area contributed by atoms with Gasteiger partial charge in [-0.25, -0.2) is 0 Å². The Morgan fingerprint density at radius 1 is 1.60 bits per heavy atom. The predicted molar refractivity (Wildman–Crippen MR) is 57.0 cm³/mol. The highest BCUT2D eigenvalue weighted by atomic mass is 16.3. The minimum Gasteiger partial charge on any atom is -0.449 e. The Morgan fingerprint density at radius 2 is 2.33 bits per heavy atom. The van der Waals surface area contributed by atoms with Gasteiger partial charge in [0.2, 0.25) is 5.76 Å². The molecule has 1 aliphatic rings. The fourth-order valence-corrected chi connectivity index (χ4v) is 1.83. The van der Waals surface area contributed by atoms with Gasteiger partial charge < -0.3 is 9.73 Å². The van der Waals surface area contributed by atoms with Crippen LogP contribution >= 0.6 is 0 Å². The van der Waals surface area contributed by atoms with E-state index >= 15 is 0 Å². The molecule has 3 heteroatoms. The third-order valence-electron chi connectivity index (χ3n) is 3.18. The Labute approximate surface area is 90.1 Å². The summed E-state index contributed by atoms with van der Waals surface area (Å²) in [6.07, 6.45) is 1.31. The van der Waals surface area contributed by atoms with Crippen LogP contribution in [-0.4, -0.2) is 6.54 Å². The van der Waals surface area contributed by atoms with Crippen molar-refractivity contribution in [3.8, 4) is 6.07 Å². The lowest BCUT2D eigenvalue weighted by Gasteiger charge is -2.04. The molecule has 2 rings (SSSR count). The highest BCUT2D eigenvalue weighted by molar-refractivity contribution is 5.18. The van der Waals surface area contributed by atoms with Crippen LogP contribution in [0.25, 0.3) is 0 Å². The lowest BCUT2D eigenvalue weighted by molar-refractivity contribution is 0.456. The first-order chi connectivity index (χ1) is 7.12. The molecule has 0 amide bonds. The second-order valence-corrected chi connectivity index (χ2v) is 4.90. The van der Waals surface area contributed by atoms with Crippen molar-refractivity contribution in [3.63, 3.8) is 0 Å². The normalized spacial score (nSPS) is 22.3. The van der Waals surface area contributed by atoms with Crippen LogP contribution in [0.15, 0.2) is 16.5 Å². The van der Waals surface area contributed by atoms with E-state index in [0.717, 1.165) is 18.2 Å². The molecular formula is C12H16N2O. The van der Waals surface area contributed by atoms with Gasteiger partial charge in [-0.05, 0) is 36.4 Å². The Kier molecular flexibility index (Phi) is 2.54. The monoisotopic (exact) mass is 204 g/mol. The molecule has 0 aliphatic heterocycles. The van der Waals surface area contributed by atoms with Crippen molar-refractivity contribution >= 4 is 0 Å². The first kappa shape index (κ1) is 10.3. The van der Waals surface area contributed by atoms with Crippen molar-refractivity contribution in [2.24, 2.45) is 11.3 Å². The summed E-state index contributed by atoms with van der Waals surface area (Å²) in [5.41, 5.74) is 0.522. The van der Waals surface area contributed by atoms with Gasteiger partial charge in [0.05, 0.1) is 6.54 Å². The van der Waals surface area contributed by atoms with Gasteiger partial charge in [-0.1, -0.05) is 13.8 Å². The Bertz CT molecular complexity index is 387. The molecule has 3 nitrogen and oxygen atoms in total. The third kappa shape index (κ3) is 2.40. The fourth-order valence-electron chi connectivity index (χ4n) is 1.83. The molecule has 0 bridgehead atoms. The third-order valence-corrected chi connectivity index (χ3v) is 3.18. The molecule has 0 saturated heterocycles. The molecule has 0 aromatic carbocycles. The minimum absolute atomic E-state index is 0.388. The molecule has 1 heterocycles. The highest BCUT2D eigenvalue weighted by Crippen LogP contribution is 2.50. The molecule has 1 fully saturated rings. The molecule has 1 atom stereocenters. The molecule has 0 spiro atoms. The van der Waals surface area contributed by atoms with Gasteiger partial charge in [-0.15, -0.1) is 0 Å². The average molecular weight is 204 g/mol. The summed E-state index contributed by atoms with van der Waals surface area (Å²) >= 11 is 0. The summed E-state index contributed by atoms with van der Waals surface area (Å²) in [6.45, 7) is 6.34. The van der Waals surface area contributed by atoms with Crippen LogP contribution in [-0.2, 0) is 6.54 Å². The molecule has 80 valence electrons. The molecule has 1 aliphatic carbocycles. The van der Waals surface area contributed by atoms with E-state index in [4.69, 9.17) is 9.68 Å². The van der Waals surface area contributed by atoms with Crippen molar-refractivity contribution in [2.75, 3.05) is 6.54 Å². The van der Waals surface area contributed by atoms with Crippen LogP contribution in [0.4, 0.5) is 0 Å². The van der Waals surface area contributed by atoms with E-state index in [9.17, 15) is 0 Å². The van der Waals surface area contributed by atoms with Crippen molar-refractivity contribution in [2.45, 2.75) is 26.8 Å². The van der Waals surface area contributed by atoms with Gasteiger partial charge in [0.15, 0.2) is 0 Å². The van der Waals surface area contributed by atoms with E-state index in [0.29, 0.717) is 17.7 Å². The average Bonchev–Trinajstić information content (AvgIpc) is 2.65. The standard InChI is InChI=1S/C12H16N2O/c1-12(2)5-9(12)7-14-8-11-4-3-10(6-13)15-11/h3-4,9,14H,5,7-8H2,1-2H3. The predicted octanol–water partition coefficient (Wildman–Crippen LogP) is 2.29. The maximum absolute atomic E-state index is 8.58. The van der Waals surface area contributed by atoms with E-state index in [1.165, 1.54) is 6.42 Å². The molecule has 0 radical (unpaired) electrons. The lowest BCUT2D eigenvalue weighted by Crippen LogP contribution is -2.17. The van der Waals surface area contributed by atoms with Crippen LogP contribution < -0.4 is 5.32 Å². The Balaban J connectivity index is 1.73. The molecule has 1 aromatic rings. The fraction of sp³-hybridized carbons (Fsp3) is 0.583. The summed E-state index contributed by atoms with van der Waals surface area (Å²) in [5.74, 6) is 2.02. The van der Waals surface area contributed by atoms with Crippen LogP contribution in [0.5, 0.6) is 0 Å². The number of nitrogens with zero attached hydrogens (tertiary/aromatic N) is 1. The van der Waals surface area contributed by atoms with Crippen molar-refractivity contribution in [3.05, 3.63) is 23.7 Å². The highest BCUT2D eigenvalue weighted by Gasteiger charge is 2.44. The summed E-state index contributed by atoms with van der Waals surface area (Å²) in [4.78, 5) is 0. The zero-order valence-corrected chi connectivity index (χ0v) is 9.21. The molecule has 1 unspecified atom stereocenters. The number of nitrogens with one attached hydrogen (secondary N) is 1. The largest absolute Gasteiger partial charge is 0.449 e. The number of furan rings is 1. The zero-order chi connectivity index (χ0) is 10.9. The first-order valence-electron chi connectivity index (χ1n) is 5.31.